The third-order valence-corrected chi connectivity index (χ3v) is 3.66. The molecule has 1 heterocycles. The second kappa shape index (κ2) is 7.23. The summed E-state index contributed by atoms with van der Waals surface area (Å²) in [5, 5.41) is 3.40. The van der Waals surface area contributed by atoms with Crippen LogP contribution in [0.2, 0.25) is 0 Å². The number of pyridine rings is 1. The Balaban J connectivity index is 2.37. The van der Waals surface area contributed by atoms with E-state index in [9.17, 15) is 0 Å². The van der Waals surface area contributed by atoms with E-state index in [1.165, 1.54) is 16.7 Å². The molecule has 0 bridgehead atoms. The van der Waals surface area contributed by atoms with Gasteiger partial charge in [-0.05, 0) is 55.6 Å². The second-order valence-corrected chi connectivity index (χ2v) is 5.33. The Morgan fingerprint density at radius 1 is 1.19 bits per heavy atom. The summed E-state index contributed by atoms with van der Waals surface area (Å²) in [6, 6.07) is 8.61. The minimum atomic E-state index is 0.129. The number of benzene rings is 1. The molecular formula is C18H24N2O. The summed E-state index contributed by atoms with van der Waals surface area (Å²) in [4.78, 5) is 4.33. The van der Waals surface area contributed by atoms with Gasteiger partial charge in [-0.15, -0.1) is 0 Å². The van der Waals surface area contributed by atoms with Gasteiger partial charge in [0.15, 0.2) is 0 Å². The maximum atomic E-state index is 5.70. The topological polar surface area (TPSA) is 34.1 Å². The Bertz CT molecular complexity index is 575. The summed E-state index contributed by atoms with van der Waals surface area (Å²) in [5.41, 5.74) is 5.02. The maximum Gasteiger partial charge on any atom is 0.137 e. The van der Waals surface area contributed by atoms with Crippen molar-refractivity contribution in [3.8, 4) is 5.75 Å². The summed E-state index contributed by atoms with van der Waals surface area (Å²) in [7, 11) is 1.98. The molecule has 0 aliphatic carbocycles. The lowest BCUT2D eigenvalue weighted by Gasteiger charge is -2.22. The molecule has 0 aliphatic heterocycles. The van der Waals surface area contributed by atoms with Crippen molar-refractivity contribution in [2.75, 3.05) is 13.7 Å². The van der Waals surface area contributed by atoms with Gasteiger partial charge in [-0.1, -0.05) is 25.1 Å². The molecule has 0 amide bonds. The Kier molecular flexibility index (Phi) is 5.34. The Labute approximate surface area is 127 Å². The lowest BCUT2D eigenvalue weighted by Crippen LogP contribution is -2.20. The van der Waals surface area contributed by atoms with Crippen LogP contribution < -0.4 is 10.1 Å². The largest absolute Gasteiger partial charge is 0.492 e. The SMILES string of the molecule is CCCOc1cncc(C(NC)c2c(C)cccc2C)c1. The van der Waals surface area contributed by atoms with Gasteiger partial charge in [0.2, 0.25) is 0 Å². The van der Waals surface area contributed by atoms with E-state index in [1.807, 2.05) is 13.2 Å². The van der Waals surface area contributed by atoms with E-state index in [0.29, 0.717) is 0 Å². The number of hydrogen-bond acceptors (Lipinski definition) is 3. The first kappa shape index (κ1) is 15.5. The van der Waals surface area contributed by atoms with Crippen molar-refractivity contribution in [1.82, 2.24) is 10.3 Å². The summed E-state index contributed by atoms with van der Waals surface area (Å²) in [5.74, 6) is 0.834. The van der Waals surface area contributed by atoms with Gasteiger partial charge in [-0.25, -0.2) is 0 Å². The second-order valence-electron chi connectivity index (χ2n) is 5.33. The van der Waals surface area contributed by atoms with Crippen LogP contribution in [-0.2, 0) is 0 Å². The minimum Gasteiger partial charge on any atom is -0.492 e. The zero-order valence-electron chi connectivity index (χ0n) is 13.3. The Morgan fingerprint density at radius 2 is 1.90 bits per heavy atom. The molecule has 2 aromatic rings. The first-order valence-electron chi connectivity index (χ1n) is 7.48. The molecule has 0 fully saturated rings. The number of aromatic nitrogens is 1. The molecule has 1 atom stereocenters. The average Bonchev–Trinajstić information content (AvgIpc) is 2.49. The van der Waals surface area contributed by atoms with E-state index < -0.39 is 0 Å². The van der Waals surface area contributed by atoms with Crippen LogP contribution in [0.5, 0.6) is 5.75 Å². The molecule has 3 heteroatoms. The maximum absolute atomic E-state index is 5.70. The van der Waals surface area contributed by atoms with Crippen molar-refractivity contribution in [3.63, 3.8) is 0 Å². The highest BCUT2D eigenvalue weighted by atomic mass is 16.5. The molecule has 3 nitrogen and oxygen atoms in total. The van der Waals surface area contributed by atoms with Crippen LogP contribution in [0.15, 0.2) is 36.7 Å². The number of ether oxygens (including phenoxy) is 1. The predicted molar refractivity (Wildman–Crippen MR) is 86.8 cm³/mol. The highest BCUT2D eigenvalue weighted by Crippen LogP contribution is 2.28. The van der Waals surface area contributed by atoms with E-state index in [0.717, 1.165) is 24.3 Å². The summed E-state index contributed by atoms with van der Waals surface area (Å²) in [6.07, 6.45) is 4.68. The zero-order valence-corrected chi connectivity index (χ0v) is 13.3. The van der Waals surface area contributed by atoms with Crippen LogP contribution in [0, 0.1) is 13.8 Å². The number of aryl methyl sites for hydroxylation is 2. The first-order chi connectivity index (χ1) is 10.2. The highest BCUT2D eigenvalue weighted by molar-refractivity contribution is 5.42. The molecule has 21 heavy (non-hydrogen) atoms. The molecule has 1 aromatic heterocycles. The Morgan fingerprint density at radius 3 is 2.52 bits per heavy atom. The van der Waals surface area contributed by atoms with Gasteiger partial charge >= 0.3 is 0 Å². The number of nitrogens with one attached hydrogen (secondary N) is 1. The van der Waals surface area contributed by atoms with Crippen molar-refractivity contribution < 1.29 is 4.74 Å². The average molecular weight is 284 g/mol. The summed E-state index contributed by atoms with van der Waals surface area (Å²) < 4.78 is 5.70. The molecule has 0 saturated heterocycles. The van der Waals surface area contributed by atoms with Gasteiger partial charge in [-0.2, -0.15) is 0 Å². The Hall–Kier alpha value is -1.87. The van der Waals surface area contributed by atoms with E-state index >= 15 is 0 Å². The summed E-state index contributed by atoms with van der Waals surface area (Å²) >= 11 is 0. The fourth-order valence-electron chi connectivity index (χ4n) is 2.65. The molecule has 2 rings (SSSR count). The molecule has 0 radical (unpaired) electrons. The van der Waals surface area contributed by atoms with E-state index in [-0.39, 0.29) is 6.04 Å². The van der Waals surface area contributed by atoms with Crippen molar-refractivity contribution in [1.29, 1.82) is 0 Å². The quantitative estimate of drug-likeness (QED) is 0.876. The normalized spacial score (nSPS) is 12.2. The molecule has 0 aliphatic rings. The predicted octanol–water partition coefficient (Wildman–Crippen LogP) is 3.80. The number of hydrogen-bond donors (Lipinski definition) is 1. The van der Waals surface area contributed by atoms with Crippen LogP contribution in [0.3, 0.4) is 0 Å². The van der Waals surface area contributed by atoms with Crippen LogP contribution in [0.25, 0.3) is 0 Å². The molecule has 1 unspecified atom stereocenters. The molecule has 1 aromatic carbocycles. The van der Waals surface area contributed by atoms with Crippen LogP contribution >= 0.6 is 0 Å². The standard InChI is InChI=1S/C18H24N2O/c1-5-9-21-16-10-15(11-20-12-16)18(19-4)17-13(2)7-6-8-14(17)3/h6-8,10-12,18-19H,5,9H2,1-4H3. The minimum absolute atomic E-state index is 0.129. The van der Waals surface area contributed by atoms with Crippen molar-refractivity contribution in [3.05, 3.63) is 58.9 Å². The number of nitrogens with zero attached hydrogens (tertiary/aromatic N) is 1. The lowest BCUT2D eigenvalue weighted by molar-refractivity contribution is 0.315. The van der Waals surface area contributed by atoms with Crippen LogP contribution in [-0.4, -0.2) is 18.6 Å². The highest BCUT2D eigenvalue weighted by Gasteiger charge is 2.17. The number of rotatable bonds is 6. The van der Waals surface area contributed by atoms with E-state index in [1.54, 1.807) is 6.20 Å². The molecule has 1 N–H and O–H groups in total. The molecule has 0 spiro atoms. The fraction of sp³-hybridized carbons (Fsp3) is 0.389. The van der Waals surface area contributed by atoms with E-state index in [4.69, 9.17) is 4.74 Å². The van der Waals surface area contributed by atoms with Crippen molar-refractivity contribution in [2.45, 2.75) is 33.2 Å². The van der Waals surface area contributed by atoms with Gasteiger partial charge in [-0.3, -0.25) is 4.98 Å². The third-order valence-electron chi connectivity index (χ3n) is 3.66. The van der Waals surface area contributed by atoms with Crippen molar-refractivity contribution in [2.24, 2.45) is 0 Å². The third kappa shape index (κ3) is 3.61. The molecule has 0 saturated carbocycles. The van der Waals surface area contributed by atoms with Gasteiger partial charge in [0.05, 0.1) is 18.8 Å². The van der Waals surface area contributed by atoms with Crippen LogP contribution in [0.1, 0.15) is 41.6 Å². The van der Waals surface area contributed by atoms with Gasteiger partial charge in [0.25, 0.3) is 0 Å². The van der Waals surface area contributed by atoms with Gasteiger partial charge in [0, 0.05) is 6.20 Å². The molecule has 112 valence electrons. The smallest absolute Gasteiger partial charge is 0.137 e. The monoisotopic (exact) mass is 284 g/mol. The van der Waals surface area contributed by atoms with Gasteiger partial charge in [0.1, 0.15) is 5.75 Å². The molecular weight excluding hydrogens is 260 g/mol. The van der Waals surface area contributed by atoms with Crippen molar-refractivity contribution >= 4 is 0 Å². The fourth-order valence-corrected chi connectivity index (χ4v) is 2.65. The van der Waals surface area contributed by atoms with Gasteiger partial charge < -0.3 is 10.1 Å². The van der Waals surface area contributed by atoms with Crippen LogP contribution in [0.4, 0.5) is 0 Å². The lowest BCUT2D eigenvalue weighted by atomic mass is 9.92. The van der Waals surface area contributed by atoms with E-state index in [2.05, 4.69) is 55.3 Å². The summed E-state index contributed by atoms with van der Waals surface area (Å²) in [6.45, 7) is 7.12. The first-order valence-corrected chi connectivity index (χ1v) is 7.48. The zero-order chi connectivity index (χ0) is 15.2.